The van der Waals surface area contributed by atoms with E-state index in [1.807, 2.05) is 11.6 Å². The Morgan fingerprint density at radius 2 is 2.29 bits per heavy atom. The molecule has 1 aromatic rings. The Labute approximate surface area is 89.3 Å². The molecule has 0 aromatic carbocycles. The van der Waals surface area contributed by atoms with Gasteiger partial charge in [0.25, 0.3) is 0 Å². The molecule has 0 fully saturated rings. The molecule has 0 bridgehead atoms. The van der Waals surface area contributed by atoms with Crippen molar-refractivity contribution in [2.45, 2.75) is 25.4 Å². The van der Waals surface area contributed by atoms with Crippen LogP contribution in [0.2, 0.25) is 0 Å². The summed E-state index contributed by atoms with van der Waals surface area (Å²) in [6.07, 6.45) is 2.82. The second-order valence-electron chi connectivity index (χ2n) is 4.19. The topological polar surface area (TPSA) is 56.7 Å². The van der Waals surface area contributed by atoms with Gasteiger partial charge in [-0.15, -0.1) is 10.2 Å². The number of rotatable bonds is 5. The van der Waals surface area contributed by atoms with Crippen molar-refractivity contribution in [3.63, 3.8) is 0 Å². The third-order valence-corrected chi connectivity index (χ3v) is 3.27. The van der Waals surface area contributed by atoms with Gasteiger partial charge in [-0.05, 0) is 18.4 Å². The van der Waals surface area contributed by atoms with Crippen molar-refractivity contribution in [2.24, 2.45) is 18.2 Å². The molecule has 1 rings (SSSR count). The van der Waals surface area contributed by atoms with Gasteiger partial charge in [-0.25, -0.2) is 0 Å². The van der Waals surface area contributed by atoms with Gasteiger partial charge >= 0.3 is 0 Å². The Kier molecular flexibility index (Phi) is 3.95. The summed E-state index contributed by atoms with van der Waals surface area (Å²) in [5, 5.41) is 8.80. The summed E-state index contributed by atoms with van der Waals surface area (Å²) < 4.78 is 1.93. The number of aromatic nitrogens is 3. The highest BCUT2D eigenvalue weighted by molar-refractivity contribution is 7.99. The maximum atomic E-state index is 5.65. The summed E-state index contributed by atoms with van der Waals surface area (Å²) in [5.41, 5.74) is 5.88. The van der Waals surface area contributed by atoms with E-state index < -0.39 is 0 Å². The molecule has 0 amide bonds. The molecule has 2 N–H and O–H groups in total. The first-order valence-electron chi connectivity index (χ1n) is 4.72. The average molecular weight is 214 g/mol. The fourth-order valence-corrected chi connectivity index (χ4v) is 2.12. The summed E-state index contributed by atoms with van der Waals surface area (Å²) in [6.45, 7) is 5.10. The van der Waals surface area contributed by atoms with Crippen LogP contribution in [0.3, 0.4) is 0 Å². The average Bonchev–Trinajstić information content (AvgIpc) is 2.52. The lowest BCUT2D eigenvalue weighted by atomic mass is 9.91. The van der Waals surface area contributed by atoms with E-state index in [-0.39, 0.29) is 5.41 Å². The molecule has 5 heteroatoms. The molecule has 14 heavy (non-hydrogen) atoms. The van der Waals surface area contributed by atoms with Crippen LogP contribution in [-0.2, 0) is 7.05 Å². The van der Waals surface area contributed by atoms with Gasteiger partial charge in [0.1, 0.15) is 6.33 Å². The number of nitrogens with zero attached hydrogens (tertiary/aromatic N) is 3. The van der Waals surface area contributed by atoms with Crippen molar-refractivity contribution >= 4 is 11.8 Å². The zero-order valence-electron chi connectivity index (χ0n) is 9.03. The molecular weight excluding hydrogens is 196 g/mol. The smallest absolute Gasteiger partial charge is 0.190 e. The molecular formula is C9H18N4S. The van der Waals surface area contributed by atoms with E-state index in [4.69, 9.17) is 5.73 Å². The first-order valence-corrected chi connectivity index (χ1v) is 5.70. The Morgan fingerprint density at radius 1 is 1.57 bits per heavy atom. The van der Waals surface area contributed by atoms with E-state index >= 15 is 0 Å². The molecule has 0 radical (unpaired) electrons. The Morgan fingerprint density at radius 3 is 2.79 bits per heavy atom. The molecule has 0 unspecified atom stereocenters. The van der Waals surface area contributed by atoms with Crippen molar-refractivity contribution in [3.8, 4) is 0 Å². The fraction of sp³-hybridized carbons (Fsp3) is 0.778. The van der Waals surface area contributed by atoms with E-state index in [0.29, 0.717) is 0 Å². The van der Waals surface area contributed by atoms with Crippen LogP contribution in [0.5, 0.6) is 0 Å². The molecule has 0 aliphatic heterocycles. The van der Waals surface area contributed by atoms with E-state index in [9.17, 15) is 0 Å². The van der Waals surface area contributed by atoms with Crippen LogP contribution < -0.4 is 5.73 Å². The SMILES string of the molecule is Cn1cnnc1SCCC(C)(C)CN. The fourth-order valence-electron chi connectivity index (χ4n) is 0.924. The molecule has 0 saturated carbocycles. The van der Waals surface area contributed by atoms with E-state index in [2.05, 4.69) is 24.0 Å². The molecule has 4 nitrogen and oxygen atoms in total. The maximum Gasteiger partial charge on any atom is 0.190 e. The minimum atomic E-state index is 0.228. The minimum absolute atomic E-state index is 0.228. The van der Waals surface area contributed by atoms with Gasteiger partial charge in [-0.2, -0.15) is 0 Å². The monoisotopic (exact) mass is 214 g/mol. The molecule has 1 aromatic heterocycles. The number of aryl methyl sites for hydroxylation is 1. The van der Waals surface area contributed by atoms with Crippen LogP contribution in [0.15, 0.2) is 11.5 Å². The largest absolute Gasteiger partial charge is 0.330 e. The summed E-state index contributed by atoms with van der Waals surface area (Å²) in [7, 11) is 1.95. The second-order valence-corrected chi connectivity index (χ2v) is 5.25. The summed E-state index contributed by atoms with van der Waals surface area (Å²) in [6, 6.07) is 0. The number of thioether (sulfide) groups is 1. The van der Waals surface area contributed by atoms with Gasteiger partial charge in [-0.1, -0.05) is 25.6 Å². The first kappa shape index (κ1) is 11.5. The normalized spacial score (nSPS) is 12.0. The van der Waals surface area contributed by atoms with Gasteiger partial charge in [0, 0.05) is 12.8 Å². The van der Waals surface area contributed by atoms with Crippen LogP contribution in [0.4, 0.5) is 0 Å². The number of hydrogen-bond acceptors (Lipinski definition) is 4. The van der Waals surface area contributed by atoms with Crippen molar-refractivity contribution < 1.29 is 0 Å². The quantitative estimate of drug-likeness (QED) is 0.750. The van der Waals surface area contributed by atoms with E-state index in [0.717, 1.165) is 23.9 Å². The molecule has 0 aliphatic carbocycles. The lowest BCUT2D eigenvalue weighted by Gasteiger charge is -2.21. The van der Waals surface area contributed by atoms with Crippen molar-refractivity contribution in [1.29, 1.82) is 0 Å². The number of hydrogen-bond donors (Lipinski definition) is 1. The molecule has 0 aliphatic rings. The zero-order chi connectivity index (χ0) is 10.6. The highest BCUT2D eigenvalue weighted by Crippen LogP contribution is 2.23. The van der Waals surface area contributed by atoms with Crippen molar-refractivity contribution in [1.82, 2.24) is 14.8 Å². The standard InChI is InChI=1S/C9H18N4S/c1-9(2,6-10)4-5-14-8-12-11-7-13(8)3/h7H,4-6,10H2,1-3H3. The summed E-state index contributed by atoms with van der Waals surface area (Å²) in [4.78, 5) is 0. The highest BCUT2D eigenvalue weighted by Gasteiger charge is 2.15. The third kappa shape index (κ3) is 3.31. The third-order valence-electron chi connectivity index (χ3n) is 2.23. The number of nitrogens with two attached hydrogens (primary N) is 1. The predicted octanol–water partition coefficient (Wildman–Crippen LogP) is 1.28. The Bertz CT molecular complexity index is 282. The summed E-state index contributed by atoms with van der Waals surface area (Å²) >= 11 is 1.73. The molecule has 80 valence electrons. The lowest BCUT2D eigenvalue weighted by Crippen LogP contribution is -2.24. The van der Waals surface area contributed by atoms with Gasteiger partial charge in [-0.3, -0.25) is 0 Å². The molecule has 0 saturated heterocycles. The lowest BCUT2D eigenvalue weighted by molar-refractivity contribution is 0.368. The van der Waals surface area contributed by atoms with Crippen LogP contribution in [0, 0.1) is 5.41 Å². The molecule has 0 atom stereocenters. The van der Waals surface area contributed by atoms with Crippen LogP contribution in [0.25, 0.3) is 0 Å². The van der Waals surface area contributed by atoms with Crippen LogP contribution >= 0.6 is 11.8 Å². The highest BCUT2D eigenvalue weighted by atomic mass is 32.2. The van der Waals surface area contributed by atoms with Gasteiger partial charge in [0.05, 0.1) is 0 Å². The van der Waals surface area contributed by atoms with Crippen molar-refractivity contribution in [3.05, 3.63) is 6.33 Å². The van der Waals surface area contributed by atoms with Crippen molar-refractivity contribution in [2.75, 3.05) is 12.3 Å². The molecule has 1 heterocycles. The Balaban J connectivity index is 2.32. The predicted molar refractivity (Wildman–Crippen MR) is 59.2 cm³/mol. The first-order chi connectivity index (χ1) is 6.55. The minimum Gasteiger partial charge on any atom is -0.330 e. The maximum absolute atomic E-state index is 5.65. The van der Waals surface area contributed by atoms with Gasteiger partial charge in [0.15, 0.2) is 5.16 Å². The van der Waals surface area contributed by atoms with Gasteiger partial charge < -0.3 is 10.3 Å². The summed E-state index contributed by atoms with van der Waals surface area (Å²) in [5.74, 6) is 1.04. The second kappa shape index (κ2) is 4.79. The Hall–Kier alpha value is -0.550. The zero-order valence-corrected chi connectivity index (χ0v) is 9.84. The van der Waals surface area contributed by atoms with Crippen LogP contribution in [-0.4, -0.2) is 27.1 Å². The van der Waals surface area contributed by atoms with Crippen LogP contribution in [0.1, 0.15) is 20.3 Å². The van der Waals surface area contributed by atoms with Gasteiger partial charge in [0.2, 0.25) is 0 Å². The van der Waals surface area contributed by atoms with E-state index in [1.165, 1.54) is 0 Å². The molecule has 0 spiro atoms. The van der Waals surface area contributed by atoms with E-state index in [1.54, 1.807) is 18.1 Å².